The number of ether oxygens (including phenoxy) is 2. The molecule has 0 atom stereocenters. The van der Waals surface area contributed by atoms with Crippen LogP contribution in [-0.4, -0.2) is 31.8 Å². The summed E-state index contributed by atoms with van der Waals surface area (Å²) in [7, 11) is 3.22. The van der Waals surface area contributed by atoms with Crippen LogP contribution in [0.2, 0.25) is 0 Å². The largest absolute Gasteiger partial charge is 0.369 e. The van der Waals surface area contributed by atoms with Crippen LogP contribution < -0.4 is 16.4 Å². The highest BCUT2D eigenvalue weighted by Gasteiger charge is 2.43. The molecule has 0 aromatic heterocycles. The zero-order valence-electron chi connectivity index (χ0n) is 14.5. The Morgan fingerprint density at radius 1 is 1.16 bits per heavy atom. The average molecular weight is 410 g/mol. The molecule has 8 heteroatoms. The van der Waals surface area contributed by atoms with Crippen LogP contribution in [-0.2, 0) is 9.47 Å². The van der Waals surface area contributed by atoms with E-state index in [-0.39, 0.29) is 5.96 Å². The van der Waals surface area contributed by atoms with Crippen LogP contribution in [0.25, 0.3) is 0 Å². The van der Waals surface area contributed by atoms with Gasteiger partial charge in [-0.25, -0.2) is 4.99 Å². The second kappa shape index (κ2) is 7.31. The molecule has 1 aromatic rings. The summed E-state index contributed by atoms with van der Waals surface area (Å²) in [5.74, 6) is 0.591. The van der Waals surface area contributed by atoms with E-state index in [2.05, 4.69) is 20.9 Å². The van der Waals surface area contributed by atoms with E-state index < -0.39 is 12.0 Å². The number of anilines is 1. The maximum atomic E-state index is 6.32. The Labute approximate surface area is 156 Å². The monoisotopic (exact) mass is 409 g/mol. The normalized spacial score (nSPS) is 19.9. The predicted molar refractivity (Wildman–Crippen MR) is 102 cm³/mol. The van der Waals surface area contributed by atoms with E-state index in [0.29, 0.717) is 5.96 Å². The minimum absolute atomic E-state index is 0.240. The minimum atomic E-state index is -0.524. The number of hydrogen-bond donors (Lipinski definition) is 2. The fourth-order valence-corrected chi connectivity index (χ4v) is 4.12. The Hall–Kier alpha value is -1.64. The van der Waals surface area contributed by atoms with Gasteiger partial charge in [-0.2, -0.15) is 4.99 Å². The average Bonchev–Trinajstić information content (AvgIpc) is 2.58. The van der Waals surface area contributed by atoms with Gasteiger partial charge in [0, 0.05) is 24.3 Å². The van der Waals surface area contributed by atoms with Gasteiger partial charge in [0.2, 0.25) is 11.9 Å². The van der Waals surface area contributed by atoms with Crippen molar-refractivity contribution in [3.63, 3.8) is 0 Å². The van der Waals surface area contributed by atoms with Gasteiger partial charge in [0.25, 0.3) is 0 Å². The first-order valence-corrected chi connectivity index (χ1v) is 9.15. The molecule has 0 amide bonds. The van der Waals surface area contributed by atoms with Crippen LogP contribution in [0.15, 0.2) is 32.7 Å². The number of guanidine groups is 2. The third-order valence-corrected chi connectivity index (χ3v) is 5.26. The first-order valence-electron chi connectivity index (χ1n) is 8.35. The van der Waals surface area contributed by atoms with Crippen LogP contribution in [0, 0.1) is 0 Å². The van der Waals surface area contributed by atoms with Crippen LogP contribution >= 0.6 is 15.9 Å². The topological polar surface area (TPSA) is 98.5 Å². The lowest BCUT2D eigenvalue weighted by molar-refractivity contribution is -0.105. The minimum Gasteiger partial charge on any atom is -0.369 e. The van der Waals surface area contributed by atoms with Crippen LogP contribution in [0.3, 0.4) is 0 Å². The van der Waals surface area contributed by atoms with Gasteiger partial charge in [0.15, 0.2) is 6.29 Å². The Morgan fingerprint density at radius 3 is 2.48 bits per heavy atom. The summed E-state index contributed by atoms with van der Waals surface area (Å²) < 4.78 is 11.9. The summed E-state index contributed by atoms with van der Waals surface area (Å²) in [5, 5.41) is 0. The number of rotatable bonds is 4. The van der Waals surface area contributed by atoms with E-state index in [1.807, 2.05) is 23.1 Å². The molecule has 25 heavy (non-hydrogen) atoms. The second-order valence-electron chi connectivity index (χ2n) is 6.32. The van der Waals surface area contributed by atoms with Gasteiger partial charge in [-0.05, 0) is 43.9 Å². The zero-order chi connectivity index (χ0) is 18.0. The summed E-state index contributed by atoms with van der Waals surface area (Å²) in [6, 6.07) is 5.92. The van der Waals surface area contributed by atoms with Crippen molar-refractivity contribution in [2.75, 3.05) is 19.1 Å². The van der Waals surface area contributed by atoms with Gasteiger partial charge in [-0.15, -0.1) is 0 Å². The van der Waals surface area contributed by atoms with Crippen molar-refractivity contribution in [1.29, 1.82) is 0 Å². The van der Waals surface area contributed by atoms with Gasteiger partial charge in [-0.1, -0.05) is 22.4 Å². The molecule has 0 bridgehead atoms. The summed E-state index contributed by atoms with van der Waals surface area (Å²) in [6.07, 6.45) is 4.57. The lowest BCUT2D eigenvalue weighted by atomic mass is 9.87. The molecule has 4 N–H and O–H groups in total. The van der Waals surface area contributed by atoms with Crippen LogP contribution in [0.4, 0.5) is 5.69 Å². The molecule has 0 unspecified atom stereocenters. The molecular weight excluding hydrogens is 386 g/mol. The predicted octanol–water partition coefficient (Wildman–Crippen LogP) is 2.85. The van der Waals surface area contributed by atoms with Gasteiger partial charge in [0.1, 0.15) is 5.66 Å². The maximum Gasteiger partial charge on any atom is 0.220 e. The van der Waals surface area contributed by atoms with E-state index in [9.17, 15) is 0 Å². The smallest absolute Gasteiger partial charge is 0.220 e. The van der Waals surface area contributed by atoms with Gasteiger partial charge >= 0.3 is 0 Å². The summed E-state index contributed by atoms with van der Waals surface area (Å²) >= 11 is 3.52. The van der Waals surface area contributed by atoms with Crippen molar-refractivity contribution in [3.8, 4) is 0 Å². The third kappa shape index (κ3) is 3.38. The summed E-state index contributed by atoms with van der Waals surface area (Å²) in [6.45, 7) is 0. The van der Waals surface area contributed by atoms with Crippen molar-refractivity contribution in [3.05, 3.63) is 28.2 Å². The molecule has 1 aromatic carbocycles. The summed E-state index contributed by atoms with van der Waals surface area (Å²) in [4.78, 5) is 10.9. The van der Waals surface area contributed by atoms with E-state index in [4.69, 9.17) is 25.9 Å². The highest BCUT2D eigenvalue weighted by Crippen LogP contribution is 2.42. The molecular formula is C17H24BrN5O2. The number of hydrogen-bond acceptors (Lipinski definition) is 7. The quantitative estimate of drug-likeness (QED) is 0.744. The first-order chi connectivity index (χ1) is 12.0. The number of benzene rings is 1. The fourth-order valence-electron chi connectivity index (χ4n) is 3.74. The van der Waals surface area contributed by atoms with Crippen LogP contribution in [0.5, 0.6) is 0 Å². The molecule has 0 saturated heterocycles. The number of nitrogens with two attached hydrogens (primary N) is 2. The van der Waals surface area contributed by atoms with Crippen molar-refractivity contribution >= 4 is 33.5 Å². The van der Waals surface area contributed by atoms with Crippen LogP contribution in [0.1, 0.15) is 44.0 Å². The Bertz CT molecular complexity index is 696. The molecule has 3 rings (SSSR count). The highest BCUT2D eigenvalue weighted by atomic mass is 79.9. The number of aliphatic imine (C=N–C) groups is 2. The van der Waals surface area contributed by atoms with E-state index in [0.717, 1.165) is 41.4 Å². The highest BCUT2D eigenvalue weighted by molar-refractivity contribution is 9.10. The number of methoxy groups -OCH3 is 2. The first kappa shape index (κ1) is 18.2. The molecule has 1 spiro atoms. The van der Waals surface area contributed by atoms with Gasteiger partial charge < -0.3 is 20.9 Å². The van der Waals surface area contributed by atoms with E-state index in [1.165, 1.54) is 6.42 Å². The number of halogens is 1. The Kier molecular flexibility index (Phi) is 5.31. The second-order valence-corrected chi connectivity index (χ2v) is 7.24. The SMILES string of the molecule is COC(OC)c1cc(Br)ccc1N1C(N)=NC(N)=NC12CCCCC2. The molecule has 2 aliphatic rings. The molecule has 136 valence electrons. The molecule has 1 aliphatic carbocycles. The Balaban J connectivity index is 2.14. The standard InChI is InChI=1S/C17H24BrN5O2/c1-24-14(25-2)12-10-11(18)6-7-13(12)23-16(20)21-15(19)22-17(23)8-4-3-5-9-17/h6-7,10,14H,3-5,8-9H2,1-2H3,(H4,19,20,21,22). The van der Waals surface area contributed by atoms with Crippen molar-refractivity contribution in [1.82, 2.24) is 0 Å². The van der Waals surface area contributed by atoms with Crippen molar-refractivity contribution in [2.45, 2.75) is 44.1 Å². The number of nitrogens with zero attached hydrogens (tertiary/aromatic N) is 3. The molecule has 7 nitrogen and oxygen atoms in total. The zero-order valence-corrected chi connectivity index (χ0v) is 16.1. The summed E-state index contributed by atoms with van der Waals surface area (Å²) in [5.41, 5.74) is 13.5. The fraction of sp³-hybridized carbons (Fsp3) is 0.529. The molecule has 0 radical (unpaired) electrons. The molecule has 1 saturated carbocycles. The van der Waals surface area contributed by atoms with Gasteiger partial charge in [-0.3, -0.25) is 4.90 Å². The lowest BCUT2D eigenvalue weighted by Gasteiger charge is -2.46. The lowest BCUT2D eigenvalue weighted by Crippen LogP contribution is -2.58. The molecule has 1 heterocycles. The Morgan fingerprint density at radius 2 is 1.84 bits per heavy atom. The van der Waals surface area contributed by atoms with E-state index in [1.54, 1.807) is 14.2 Å². The molecule has 1 aliphatic heterocycles. The van der Waals surface area contributed by atoms with Gasteiger partial charge in [0.05, 0.1) is 5.69 Å². The van der Waals surface area contributed by atoms with E-state index >= 15 is 0 Å². The van der Waals surface area contributed by atoms with Crippen molar-refractivity contribution < 1.29 is 9.47 Å². The maximum absolute atomic E-state index is 6.32. The molecule has 1 fully saturated rings. The third-order valence-electron chi connectivity index (χ3n) is 4.76. The van der Waals surface area contributed by atoms with Crippen molar-refractivity contribution in [2.24, 2.45) is 21.5 Å².